The highest BCUT2D eigenvalue weighted by atomic mass is 15.1. The Morgan fingerprint density at radius 1 is 0.232 bits per heavy atom. The molecule has 56 heavy (non-hydrogen) atoms. The Morgan fingerprint density at radius 2 is 0.500 bits per heavy atom. The first-order valence-electron chi connectivity index (χ1n) is 19.1. The molecule has 3 nitrogen and oxygen atoms in total. The van der Waals surface area contributed by atoms with Crippen LogP contribution in [0.5, 0.6) is 0 Å². The number of nitrogens with zero attached hydrogens (tertiary/aromatic N) is 3. The lowest BCUT2D eigenvalue weighted by Crippen LogP contribution is -2.03. The molecule has 0 spiro atoms. The Balaban J connectivity index is 1.13. The van der Waals surface area contributed by atoms with Crippen molar-refractivity contribution >= 4 is 43.6 Å². The molecular weight excluding hydrogens is 679 g/mol. The van der Waals surface area contributed by atoms with E-state index in [1.165, 1.54) is 66.1 Å². The van der Waals surface area contributed by atoms with Crippen molar-refractivity contribution < 1.29 is 0 Å². The number of hydrogen-bond donors (Lipinski definition) is 0. The second-order valence-electron chi connectivity index (χ2n) is 14.4. The third-order valence-corrected chi connectivity index (χ3v) is 11.1. The fourth-order valence-corrected chi connectivity index (χ4v) is 8.44. The summed E-state index contributed by atoms with van der Waals surface area (Å²) in [5.74, 6) is 1.75. The molecule has 0 saturated carbocycles. The van der Waals surface area contributed by atoms with E-state index in [9.17, 15) is 0 Å². The number of aromatic nitrogens is 3. The van der Waals surface area contributed by atoms with E-state index < -0.39 is 0 Å². The molecule has 11 rings (SSSR count). The zero-order valence-electron chi connectivity index (χ0n) is 30.5. The second-order valence-corrected chi connectivity index (χ2v) is 14.4. The maximum atomic E-state index is 5.51. The van der Waals surface area contributed by atoms with Gasteiger partial charge < -0.3 is 0 Å². The molecule has 0 aliphatic carbocycles. The average molecular weight is 714 g/mol. The topological polar surface area (TPSA) is 22.8 Å². The van der Waals surface area contributed by atoms with Crippen molar-refractivity contribution in [1.82, 2.24) is 14.1 Å². The van der Waals surface area contributed by atoms with E-state index >= 15 is 0 Å². The standard InChI is InChI=1S/C53H35N3/c1-5-14-36(15-6-1)40-24-28-48-44(32-40)45-33-41(37-16-7-2-8-17-37)25-29-49(45)55(48)52-22-13-23-53(54-52)56-50-30-26-42(38-18-9-3-10-19-38)34-46(50)47-35-43(27-31-51(47)56)39-20-11-4-12-21-39/h1-35H. The molecule has 0 unspecified atom stereocenters. The van der Waals surface area contributed by atoms with E-state index in [4.69, 9.17) is 4.98 Å². The van der Waals surface area contributed by atoms with Crippen LogP contribution in [-0.2, 0) is 0 Å². The van der Waals surface area contributed by atoms with E-state index in [1.807, 2.05) is 0 Å². The SMILES string of the molecule is c1ccc(-c2ccc3c(c2)c2cc(-c4ccccc4)ccc2n3-c2cccc(-n3c4ccc(-c5ccccc5)cc4c4cc(-c5ccccc5)ccc43)n2)cc1. The van der Waals surface area contributed by atoms with Crippen molar-refractivity contribution in [3.05, 3.63) is 212 Å². The van der Waals surface area contributed by atoms with Gasteiger partial charge in [0.25, 0.3) is 0 Å². The highest BCUT2D eigenvalue weighted by Gasteiger charge is 2.19. The highest BCUT2D eigenvalue weighted by molar-refractivity contribution is 6.13. The van der Waals surface area contributed by atoms with Gasteiger partial charge in [0.05, 0.1) is 22.1 Å². The minimum atomic E-state index is 0.874. The normalized spacial score (nSPS) is 11.6. The molecule has 0 amide bonds. The lowest BCUT2D eigenvalue weighted by molar-refractivity contribution is 1.01. The molecule has 8 aromatic carbocycles. The average Bonchev–Trinajstić information content (AvgIpc) is 3.79. The van der Waals surface area contributed by atoms with Crippen LogP contribution in [0.3, 0.4) is 0 Å². The van der Waals surface area contributed by atoms with Crippen molar-refractivity contribution in [2.24, 2.45) is 0 Å². The predicted molar refractivity (Wildman–Crippen MR) is 235 cm³/mol. The van der Waals surface area contributed by atoms with Gasteiger partial charge in [-0.1, -0.05) is 152 Å². The van der Waals surface area contributed by atoms with Gasteiger partial charge in [0.15, 0.2) is 0 Å². The molecule has 0 saturated heterocycles. The second kappa shape index (κ2) is 13.1. The summed E-state index contributed by atoms with van der Waals surface area (Å²) in [6.45, 7) is 0. The largest absolute Gasteiger partial charge is 0.294 e. The van der Waals surface area contributed by atoms with Crippen LogP contribution >= 0.6 is 0 Å². The van der Waals surface area contributed by atoms with Gasteiger partial charge >= 0.3 is 0 Å². The maximum absolute atomic E-state index is 5.51. The van der Waals surface area contributed by atoms with Crippen LogP contribution in [0.2, 0.25) is 0 Å². The van der Waals surface area contributed by atoms with Crippen molar-refractivity contribution in [2.45, 2.75) is 0 Å². The summed E-state index contributed by atoms with van der Waals surface area (Å²) in [5, 5.41) is 4.80. The minimum absolute atomic E-state index is 0.874. The smallest absolute Gasteiger partial charge is 0.140 e. The summed E-state index contributed by atoms with van der Waals surface area (Å²) in [5.41, 5.74) is 14.1. The van der Waals surface area contributed by atoms with Crippen LogP contribution in [0.15, 0.2) is 212 Å². The molecule has 3 heteroatoms. The Kier molecular flexibility index (Phi) is 7.49. The first-order valence-corrected chi connectivity index (χ1v) is 19.1. The Morgan fingerprint density at radius 3 is 0.768 bits per heavy atom. The van der Waals surface area contributed by atoms with Gasteiger partial charge in [-0.05, 0) is 105 Å². The summed E-state index contributed by atoms with van der Waals surface area (Å²) in [6.07, 6.45) is 0. The van der Waals surface area contributed by atoms with Crippen molar-refractivity contribution in [2.75, 3.05) is 0 Å². The Labute approximate surface area is 325 Å². The molecule has 3 aromatic heterocycles. The molecule has 0 N–H and O–H groups in total. The van der Waals surface area contributed by atoms with Crippen LogP contribution in [0.4, 0.5) is 0 Å². The van der Waals surface area contributed by atoms with Gasteiger partial charge in [0, 0.05) is 21.5 Å². The summed E-state index contributed by atoms with van der Waals surface area (Å²) in [6, 6.07) is 76.2. The Bertz CT molecular complexity index is 2800. The van der Waals surface area contributed by atoms with Crippen LogP contribution in [0.1, 0.15) is 0 Å². The van der Waals surface area contributed by atoms with E-state index in [1.54, 1.807) is 0 Å². The monoisotopic (exact) mass is 713 g/mol. The third-order valence-electron chi connectivity index (χ3n) is 11.1. The first kappa shape index (κ1) is 32.0. The van der Waals surface area contributed by atoms with Crippen LogP contribution in [-0.4, -0.2) is 14.1 Å². The van der Waals surface area contributed by atoms with Gasteiger partial charge in [0.1, 0.15) is 11.6 Å². The maximum Gasteiger partial charge on any atom is 0.140 e. The molecule has 0 aliphatic heterocycles. The van der Waals surface area contributed by atoms with Gasteiger partial charge in [-0.25, -0.2) is 4.98 Å². The number of pyridine rings is 1. The van der Waals surface area contributed by atoms with Crippen LogP contribution in [0, 0.1) is 0 Å². The van der Waals surface area contributed by atoms with E-state index in [0.29, 0.717) is 0 Å². The molecule has 262 valence electrons. The summed E-state index contributed by atoms with van der Waals surface area (Å²) >= 11 is 0. The van der Waals surface area contributed by atoms with Crippen LogP contribution in [0.25, 0.3) is 99.8 Å². The van der Waals surface area contributed by atoms with Crippen molar-refractivity contribution in [1.29, 1.82) is 0 Å². The zero-order chi connectivity index (χ0) is 37.0. The van der Waals surface area contributed by atoms with Crippen molar-refractivity contribution in [3.63, 3.8) is 0 Å². The molecule has 0 atom stereocenters. The molecule has 3 heterocycles. The number of fused-ring (bicyclic) bond motifs is 6. The lowest BCUT2D eigenvalue weighted by Gasteiger charge is -2.12. The van der Waals surface area contributed by atoms with Gasteiger partial charge in [-0.15, -0.1) is 0 Å². The predicted octanol–water partition coefficient (Wildman–Crippen LogP) is 13.9. The number of rotatable bonds is 6. The Hall–Kier alpha value is -7.49. The molecule has 0 radical (unpaired) electrons. The van der Waals surface area contributed by atoms with Gasteiger partial charge in [-0.2, -0.15) is 0 Å². The highest BCUT2D eigenvalue weighted by Crippen LogP contribution is 2.39. The van der Waals surface area contributed by atoms with E-state index in [-0.39, 0.29) is 0 Å². The fraction of sp³-hybridized carbons (Fsp3) is 0. The number of hydrogen-bond acceptors (Lipinski definition) is 1. The first-order chi connectivity index (χ1) is 27.8. The lowest BCUT2D eigenvalue weighted by atomic mass is 10.0. The van der Waals surface area contributed by atoms with Crippen molar-refractivity contribution in [3.8, 4) is 56.1 Å². The molecule has 11 aromatic rings. The van der Waals surface area contributed by atoms with Gasteiger partial charge in [0.2, 0.25) is 0 Å². The summed E-state index contributed by atoms with van der Waals surface area (Å²) in [4.78, 5) is 5.51. The van der Waals surface area contributed by atoms with Crippen LogP contribution < -0.4 is 0 Å². The summed E-state index contributed by atoms with van der Waals surface area (Å²) in [7, 11) is 0. The number of benzene rings is 8. The zero-order valence-corrected chi connectivity index (χ0v) is 30.5. The molecule has 0 fully saturated rings. The summed E-state index contributed by atoms with van der Waals surface area (Å²) < 4.78 is 4.65. The van der Waals surface area contributed by atoms with E-state index in [0.717, 1.165) is 33.7 Å². The third kappa shape index (κ3) is 5.32. The molecule has 0 bridgehead atoms. The molecular formula is C53H35N3. The quantitative estimate of drug-likeness (QED) is 0.168. The fourth-order valence-electron chi connectivity index (χ4n) is 8.44. The minimum Gasteiger partial charge on any atom is -0.294 e. The molecule has 0 aliphatic rings. The van der Waals surface area contributed by atoms with E-state index in [2.05, 4.69) is 221 Å². The van der Waals surface area contributed by atoms with Gasteiger partial charge in [-0.3, -0.25) is 9.13 Å².